The highest BCUT2D eigenvalue weighted by Crippen LogP contribution is 2.39. The van der Waals surface area contributed by atoms with Crippen molar-refractivity contribution in [3.05, 3.63) is 47.5 Å². The molecule has 10 heteroatoms. The number of rotatable bonds is 6. The Morgan fingerprint density at radius 2 is 1.83 bits per heavy atom. The smallest absolute Gasteiger partial charge is 0.228 e. The number of piperazine rings is 1. The van der Waals surface area contributed by atoms with Crippen LogP contribution in [0.5, 0.6) is 11.5 Å². The van der Waals surface area contributed by atoms with Gasteiger partial charge in [-0.1, -0.05) is 12.1 Å². The number of amides is 1. The number of piperidine rings is 2. The van der Waals surface area contributed by atoms with Crippen molar-refractivity contribution in [2.45, 2.75) is 37.8 Å². The highest BCUT2D eigenvalue weighted by atomic mass is 19.1. The lowest BCUT2D eigenvalue weighted by molar-refractivity contribution is -0.136. The topological polar surface area (TPSA) is 93.8 Å². The molecule has 2 N–H and O–H groups in total. The number of fused-ring (bicyclic) bond motifs is 4. The molecule has 0 radical (unpaired) electrons. The number of nitrogens with two attached hydrogens (primary N) is 1. The molecule has 1 amide bonds. The molecular formula is C25H27F2N5O3. The lowest BCUT2D eigenvalue weighted by atomic mass is 9.90. The van der Waals surface area contributed by atoms with Crippen molar-refractivity contribution in [3.8, 4) is 11.5 Å². The molecule has 35 heavy (non-hydrogen) atoms. The zero-order valence-corrected chi connectivity index (χ0v) is 19.6. The first kappa shape index (κ1) is 23.1. The van der Waals surface area contributed by atoms with Crippen LogP contribution in [0.15, 0.2) is 30.3 Å². The molecule has 1 aromatic heterocycles. The summed E-state index contributed by atoms with van der Waals surface area (Å²) in [6.45, 7) is 1.09. The van der Waals surface area contributed by atoms with Gasteiger partial charge in [0.25, 0.3) is 0 Å². The number of carbonyl (C=O) groups excluding carboxylic acids is 1. The third-order valence-corrected chi connectivity index (χ3v) is 6.94. The van der Waals surface area contributed by atoms with Crippen LogP contribution in [0.2, 0.25) is 0 Å². The van der Waals surface area contributed by atoms with Crippen LogP contribution in [-0.2, 0) is 11.2 Å². The summed E-state index contributed by atoms with van der Waals surface area (Å²) in [5, 5.41) is 0.351. The van der Waals surface area contributed by atoms with E-state index in [0.29, 0.717) is 37.3 Å². The molecule has 3 aromatic rings. The molecular weight excluding hydrogens is 456 g/mol. The van der Waals surface area contributed by atoms with Crippen molar-refractivity contribution >= 4 is 28.6 Å². The summed E-state index contributed by atoms with van der Waals surface area (Å²) in [5.41, 5.74) is 7.19. The van der Waals surface area contributed by atoms with Gasteiger partial charge in [0.05, 0.1) is 14.2 Å². The Morgan fingerprint density at radius 3 is 2.49 bits per heavy atom. The first-order valence-electron chi connectivity index (χ1n) is 11.6. The van der Waals surface area contributed by atoms with Crippen LogP contribution < -0.4 is 20.1 Å². The standard InChI is InChI=1S/C25H27F2N5O3/c1-34-19-11-18-22(21(27)23(19)35-2)29-25(30-24(18)28)32-13-16-8-9-17(32)12-31(16)20(33)10-5-14-3-6-15(26)7-4-14/h3-4,6-7,11,16-17H,5,8-10,12-13H2,1-2H3,(H2,28,29,30). The Bertz CT molecular complexity index is 1270. The van der Waals surface area contributed by atoms with Crippen molar-refractivity contribution < 1.29 is 23.0 Å². The highest BCUT2D eigenvalue weighted by Gasteiger charge is 2.42. The van der Waals surface area contributed by atoms with Crippen LogP contribution in [0.25, 0.3) is 10.9 Å². The molecule has 4 heterocycles. The molecule has 3 aliphatic heterocycles. The van der Waals surface area contributed by atoms with Gasteiger partial charge in [-0.25, -0.2) is 13.8 Å². The number of halogens is 2. The van der Waals surface area contributed by atoms with Crippen molar-refractivity contribution in [2.24, 2.45) is 0 Å². The number of carbonyl (C=O) groups is 1. The van der Waals surface area contributed by atoms with Gasteiger partial charge in [0, 0.05) is 37.0 Å². The van der Waals surface area contributed by atoms with Gasteiger partial charge < -0.3 is 25.0 Å². The zero-order chi connectivity index (χ0) is 24.7. The van der Waals surface area contributed by atoms with Crippen molar-refractivity contribution in [1.82, 2.24) is 14.9 Å². The summed E-state index contributed by atoms with van der Waals surface area (Å²) in [6.07, 6.45) is 2.68. The van der Waals surface area contributed by atoms with E-state index in [0.717, 1.165) is 18.4 Å². The number of aromatic nitrogens is 2. The normalized spacial score (nSPS) is 19.3. The molecule has 2 bridgehead atoms. The molecule has 3 saturated heterocycles. The SMILES string of the molecule is COc1cc2c(N)nc(N3CC4CCC3CN4C(=O)CCc3ccc(F)cc3)nc2c(F)c1OC. The molecule has 6 rings (SSSR count). The van der Waals surface area contributed by atoms with Gasteiger partial charge in [0.15, 0.2) is 17.3 Å². The minimum atomic E-state index is -0.656. The minimum absolute atomic E-state index is 0.00910. The van der Waals surface area contributed by atoms with E-state index in [9.17, 15) is 9.18 Å². The number of hydrogen-bond donors (Lipinski definition) is 1. The molecule has 2 atom stereocenters. The van der Waals surface area contributed by atoms with E-state index in [2.05, 4.69) is 9.97 Å². The van der Waals surface area contributed by atoms with E-state index in [1.165, 1.54) is 26.4 Å². The van der Waals surface area contributed by atoms with Crippen LogP contribution in [0, 0.1) is 11.6 Å². The number of ether oxygens (including phenoxy) is 2. The molecule has 2 aromatic carbocycles. The Morgan fingerprint density at radius 1 is 1.09 bits per heavy atom. The third-order valence-electron chi connectivity index (χ3n) is 6.94. The van der Waals surface area contributed by atoms with Gasteiger partial charge in [-0.05, 0) is 43.0 Å². The fraction of sp³-hybridized carbons (Fsp3) is 0.400. The highest BCUT2D eigenvalue weighted by molar-refractivity contribution is 5.92. The fourth-order valence-corrected chi connectivity index (χ4v) is 5.09. The Balaban J connectivity index is 1.35. The van der Waals surface area contributed by atoms with E-state index >= 15 is 4.39 Å². The first-order chi connectivity index (χ1) is 16.9. The summed E-state index contributed by atoms with van der Waals surface area (Å²) in [4.78, 5) is 25.9. The quantitative estimate of drug-likeness (QED) is 0.575. The lowest BCUT2D eigenvalue weighted by Crippen LogP contribution is -2.64. The van der Waals surface area contributed by atoms with Gasteiger partial charge >= 0.3 is 0 Å². The maximum absolute atomic E-state index is 15.2. The molecule has 3 fully saturated rings. The van der Waals surface area contributed by atoms with Gasteiger partial charge in [0.1, 0.15) is 17.2 Å². The number of aryl methyl sites for hydroxylation is 1. The summed E-state index contributed by atoms with van der Waals surface area (Å²) in [7, 11) is 2.79. The lowest BCUT2D eigenvalue weighted by Gasteiger charge is -2.51. The van der Waals surface area contributed by atoms with Crippen molar-refractivity contribution in [2.75, 3.05) is 37.9 Å². The number of anilines is 2. The predicted octanol–water partition coefficient (Wildman–Crippen LogP) is 3.32. The minimum Gasteiger partial charge on any atom is -0.493 e. The fourth-order valence-electron chi connectivity index (χ4n) is 5.09. The molecule has 184 valence electrons. The maximum Gasteiger partial charge on any atom is 0.228 e. The maximum atomic E-state index is 15.2. The van der Waals surface area contributed by atoms with Gasteiger partial charge in [-0.3, -0.25) is 4.79 Å². The average molecular weight is 484 g/mol. The second kappa shape index (κ2) is 9.16. The summed E-state index contributed by atoms with van der Waals surface area (Å²) < 4.78 is 38.7. The van der Waals surface area contributed by atoms with Crippen LogP contribution in [-0.4, -0.2) is 60.2 Å². The zero-order valence-electron chi connectivity index (χ0n) is 19.6. The Hall–Kier alpha value is -3.69. The molecule has 0 saturated carbocycles. The van der Waals surface area contributed by atoms with Gasteiger partial charge in [-0.15, -0.1) is 0 Å². The summed E-state index contributed by atoms with van der Waals surface area (Å²) >= 11 is 0. The predicted molar refractivity (Wildman–Crippen MR) is 128 cm³/mol. The van der Waals surface area contributed by atoms with E-state index in [-0.39, 0.29) is 46.6 Å². The molecule has 0 aliphatic carbocycles. The van der Waals surface area contributed by atoms with Crippen molar-refractivity contribution in [3.63, 3.8) is 0 Å². The Kier molecular flexibility index (Phi) is 6.04. The van der Waals surface area contributed by atoms with Gasteiger partial charge in [-0.2, -0.15) is 4.98 Å². The number of methoxy groups -OCH3 is 2. The van der Waals surface area contributed by atoms with E-state index in [1.807, 2.05) is 9.80 Å². The number of benzene rings is 2. The number of hydrogen-bond acceptors (Lipinski definition) is 7. The van der Waals surface area contributed by atoms with Crippen molar-refractivity contribution in [1.29, 1.82) is 0 Å². The second-order valence-corrected chi connectivity index (χ2v) is 8.94. The van der Waals surface area contributed by atoms with E-state index in [1.54, 1.807) is 18.2 Å². The molecule has 3 aliphatic rings. The first-order valence-corrected chi connectivity index (χ1v) is 11.6. The average Bonchev–Trinajstić information content (AvgIpc) is 2.88. The monoisotopic (exact) mass is 483 g/mol. The summed E-state index contributed by atoms with van der Waals surface area (Å²) in [5.74, 6) is -0.202. The molecule has 2 unspecified atom stereocenters. The van der Waals surface area contributed by atoms with Gasteiger partial charge in [0.2, 0.25) is 11.9 Å². The van der Waals surface area contributed by atoms with Crippen LogP contribution >= 0.6 is 0 Å². The Labute approximate surface area is 201 Å². The number of nitrogens with zero attached hydrogens (tertiary/aromatic N) is 4. The second-order valence-electron chi connectivity index (χ2n) is 8.94. The molecule has 8 nitrogen and oxygen atoms in total. The number of nitrogen functional groups attached to an aromatic ring is 1. The largest absolute Gasteiger partial charge is 0.493 e. The molecule has 0 spiro atoms. The van der Waals surface area contributed by atoms with Crippen LogP contribution in [0.3, 0.4) is 0 Å². The van der Waals surface area contributed by atoms with E-state index in [4.69, 9.17) is 15.2 Å². The van der Waals surface area contributed by atoms with Crippen LogP contribution in [0.1, 0.15) is 24.8 Å². The third kappa shape index (κ3) is 4.17. The summed E-state index contributed by atoms with van der Waals surface area (Å²) in [6, 6.07) is 7.82. The van der Waals surface area contributed by atoms with Crippen LogP contribution in [0.4, 0.5) is 20.5 Å². The van der Waals surface area contributed by atoms with E-state index < -0.39 is 5.82 Å².